The van der Waals surface area contributed by atoms with Crippen LogP contribution >= 0.6 is 0 Å². The van der Waals surface area contributed by atoms with E-state index in [1.807, 2.05) is 32.0 Å². The van der Waals surface area contributed by atoms with Crippen molar-refractivity contribution in [3.05, 3.63) is 29.3 Å². The largest absolute Gasteiger partial charge is 0.493 e. The summed E-state index contributed by atoms with van der Waals surface area (Å²) in [5.41, 5.74) is 2.13. The molecule has 1 amide bonds. The van der Waals surface area contributed by atoms with Gasteiger partial charge in [0.1, 0.15) is 5.75 Å². The molecular formula is C15H21NO4. The fraction of sp³-hybridized carbons (Fsp3) is 0.467. The summed E-state index contributed by atoms with van der Waals surface area (Å²) in [4.78, 5) is 22.1. The predicted octanol–water partition coefficient (Wildman–Crippen LogP) is 2.05. The highest BCUT2D eigenvalue weighted by Crippen LogP contribution is 2.19. The highest BCUT2D eigenvalue weighted by atomic mass is 16.5. The molecule has 0 aromatic heterocycles. The molecule has 0 aliphatic carbocycles. The van der Waals surface area contributed by atoms with Crippen molar-refractivity contribution < 1.29 is 19.4 Å². The summed E-state index contributed by atoms with van der Waals surface area (Å²) in [6.45, 7) is 5.86. The van der Waals surface area contributed by atoms with E-state index in [9.17, 15) is 9.59 Å². The number of carbonyl (C=O) groups is 2. The average molecular weight is 279 g/mol. The molecule has 1 rings (SSSR count). The number of carboxylic acid groups (broad SMARTS) is 1. The first-order chi connectivity index (χ1) is 9.38. The third-order valence-corrected chi connectivity index (χ3v) is 2.82. The fourth-order valence-electron chi connectivity index (χ4n) is 1.78. The van der Waals surface area contributed by atoms with E-state index in [-0.39, 0.29) is 31.4 Å². The summed E-state index contributed by atoms with van der Waals surface area (Å²) in [5, 5.41) is 11.2. The summed E-state index contributed by atoms with van der Waals surface area (Å²) >= 11 is 0. The minimum Gasteiger partial charge on any atom is -0.493 e. The Balaban J connectivity index is 2.35. The van der Waals surface area contributed by atoms with E-state index in [1.165, 1.54) is 0 Å². The maximum atomic E-state index is 11.6. The second-order valence-corrected chi connectivity index (χ2v) is 4.93. The van der Waals surface area contributed by atoms with Crippen LogP contribution in [0.15, 0.2) is 18.2 Å². The Morgan fingerprint density at radius 2 is 2.05 bits per heavy atom. The van der Waals surface area contributed by atoms with E-state index in [2.05, 4.69) is 5.32 Å². The lowest BCUT2D eigenvalue weighted by atomic mass is 10.1. The molecule has 0 saturated carbocycles. The summed E-state index contributed by atoms with van der Waals surface area (Å²) < 4.78 is 5.57. The lowest BCUT2D eigenvalue weighted by Gasteiger charge is -2.13. The molecule has 1 aromatic carbocycles. The number of amides is 1. The first kappa shape index (κ1) is 16.0. The zero-order valence-corrected chi connectivity index (χ0v) is 12.1. The number of hydrogen-bond donors (Lipinski definition) is 2. The van der Waals surface area contributed by atoms with Gasteiger partial charge >= 0.3 is 5.97 Å². The van der Waals surface area contributed by atoms with Crippen molar-refractivity contribution in [2.45, 2.75) is 39.7 Å². The summed E-state index contributed by atoms with van der Waals surface area (Å²) in [5.74, 6) is -0.357. The predicted molar refractivity (Wildman–Crippen MR) is 75.9 cm³/mol. The van der Waals surface area contributed by atoms with Crippen LogP contribution in [0.25, 0.3) is 0 Å². The number of carboxylic acids is 1. The molecule has 0 aliphatic rings. The van der Waals surface area contributed by atoms with E-state index in [0.717, 1.165) is 16.9 Å². The topological polar surface area (TPSA) is 75.6 Å². The maximum absolute atomic E-state index is 11.6. The molecule has 1 unspecified atom stereocenters. The van der Waals surface area contributed by atoms with Gasteiger partial charge in [0.2, 0.25) is 5.91 Å². The van der Waals surface area contributed by atoms with Gasteiger partial charge in [-0.3, -0.25) is 9.59 Å². The van der Waals surface area contributed by atoms with Crippen molar-refractivity contribution in [2.75, 3.05) is 6.61 Å². The smallest absolute Gasteiger partial charge is 0.305 e. The number of nitrogens with one attached hydrogen (secondary N) is 1. The molecular weight excluding hydrogens is 258 g/mol. The average Bonchev–Trinajstić information content (AvgIpc) is 2.32. The first-order valence-electron chi connectivity index (χ1n) is 6.59. The van der Waals surface area contributed by atoms with Crippen molar-refractivity contribution >= 4 is 11.9 Å². The van der Waals surface area contributed by atoms with E-state index in [4.69, 9.17) is 9.84 Å². The van der Waals surface area contributed by atoms with Gasteiger partial charge in [-0.25, -0.2) is 0 Å². The second-order valence-electron chi connectivity index (χ2n) is 4.93. The van der Waals surface area contributed by atoms with Crippen molar-refractivity contribution in [3.63, 3.8) is 0 Å². The van der Waals surface area contributed by atoms with Crippen LogP contribution in [0.4, 0.5) is 0 Å². The Morgan fingerprint density at radius 1 is 1.35 bits per heavy atom. The molecule has 0 spiro atoms. The van der Waals surface area contributed by atoms with Crippen LogP contribution < -0.4 is 10.1 Å². The van der Waals surface area contributed by atoms with Crippen LogP contribution in [0.5, 0.6) is 5.75 Å². The molecule has 0 bridgehead atoms. The van der Waals surface area contributed by atoms with Crippen LogP contribution in [-0.4, -0.2) is 29.6 Å². The number of aryl methyl sites for hydroxylation is 2. The number of benzene rings is 1. The number of ether oxygens (including phenoxy) is 1. The summed E-state index contributed by atoms with van der Waals surface area (Å²) in [7, 11) is 0. The van der Waals surface area contributed by atoms with Gasteiger partial charge in [-0.2, -0.15) is 0 Å². The molecule has 0 aliphatic heterocycles. The Hall–Kier alpha value is -2.04. The van der Waals surface area contributed by atoms with Crippen LogP contribution in [-0.2, 0) is 9.59 Å². The highest BCUT2D eigenvalue weighted by molar-refractivity contribution is 5.77. The Kier molecular flexibility index (Phi) is 6.03. The van der Waals surface area contributed by atoms with Crippen LogP contribution in [0.2, 0.25) is 0 Å². The van der Waals surface area contributed by atoms with E-state index >= 15 is 0 Å². The SMILES string of the molecule is Cc1ccc(C)c(OCCC(=O)NC(C)CC(=O)O)c1. The Labute approximate surface area is 118 Å². The van der Waals surface area contributed by atoms with Crippen LogP contribution in [0.1, 0.15) is 30.9 Å². The van der Waals surface area contributed by atoms with Crippen molar-refractivity contribution in [2.24, 2.45) is 0 Å². The van der Waals surface area contributed by atoms with Gasteiger partial charge in [0.05, 0.1) is 19.4 Å². The van der Waals surface area contributed by atoms with Crippen molar-refractivity contribution in [3.8, 4) is 5.75 Å². The molecule has 20 heavy (non-hydrogen) atoms. The monoisotopic (exact) mass is 279 g/mol. The zero-order chi connectivity index (χ0) is 15.1. The van der Waals surface area contributed by atoms with Gasteiger partial charge in [-0.1, -0.05) is 12.1 Å². The van der Waals surface area contributed by atoms with Gasteiger partial charge in [-0.05, 0) is 38.0 Å². The molecule has 2 N–H and O–H groups in total. The van der Waals surface area contributed by atoms with Gasteiger partial charge in [0.25, 0.3) is 0 Å². The number of aliphatic carboxylic acids is 1. The molecule has 5 nitrogen and oxygen atoms in total. The third-order valence-electron chi connectivity index (χ3n) is 2.82. The van der Waals surface area contributed by atoms with E-state index in [0.29, 0.717) is 0 Å². The van der Waals surface area contributed by atoms with Gasteiger partial charge in [0, 0.05) is 6.04 Å². The molecule has 0 heterocycles. The second kappa shape index (κ2) is 7.53. The Bertz CT molecular complexity index is 485. The van der Waals surface area contributed by atoms with Gasteiger partial charge in [-0.15, -0.1) is 0 Å². The zero-order valence-electron chi connectivity index (χ0n) is 12.1. The van der Waals surface area contributed by atoms with Gasteiger partial charge in [0.15, 0.2) is 0 Å². The molecule has 110 valence electrons. The maximum Gasteiger partial charge on any atom is 0.305 e. The normalized spacial score (nSPS) is 11.8. The van der Waals surface area contributed by atoms with E-state index < -0.39 is 5.97 Å². The lowest BCUT2D eigenvalue weighted by Crippen LogP contribution is -2.34. The van der Waals surface area contributed by atoms with Crippen LogP contribution in [0, 0.1) is 13.8 Å². The molecule has 1 aromatic rings. The number of hydrogen-bond acceptors (Lipinski definition) is 3. The molecule has 0 saturated heterocycles. The molecule has 5 heteroatoms. The summed E-state index contributed by atoms with van der Waals surface area (Å²) in [6, 6.07) is 5.53. The van der Waals surface area contributed by atoms with E-state index in [1.54, 1.807) is 6.92 Å². The molecule has 0 radical (unpaired) electrons. The highest BCUT2D eigenvalue weighted by Gasteiger charge is 2.11. The Morgan fingerprint density at radius 3 is 2.70 bits per heavy atom. The van der Waals surface area contributed by atoms with Crippen LogP contribution in [0.3, 0.4) is 0 Å². The van der Waals surface area contributed by atoms with Gasteiger partial charge < -0.3 is 15.2 Å². The minimum absolute atomic E-state index is 0.0798. The fourth-order valence-corrected chi connectivity index (χ4v) is 1.78. The third kappa shape index (κ3) is 5.73. The minimum atomic E-state index is -0.926. The first-order valence-corrected chi connectivity index (χ1v) is 6.59. The quantitative estimate of drug-likeness (QED) is 0.801. The van der Waals surface area contributed by atoms with Crippen molar-refractivity contribution in [1.29, 1.82) is 0 Å². The lowest BCUT2D eigenvalue weighted by molar-refractivity contribution is -0.137. The molecule has 1 atom stereocenters. The number of rotatable bonds is 7. The number of carbonyl (C=O) groups excluding carboxylic acids is 1. The molecule has 0 fully saturated rings. The van der Waals surface area contributed by atoms with Crippen molar-refractivity contribution in [1.82, 2.24) is 5.32 Å². The summed E-state index contributed by atoms with van der Waals surface area (Å²) in [6.07, 6.45) is 0.126. The standard InChI is InChI=1S/C15H21NO4/c1-10-4-5-11(2)13(8-10)20-7-6-14(17)16-12(3)9-15(18)19/h4-5,8,12H,6-7,9H2,1-3H3,(H,16,17)(H,18,19).